The summed E-state index contributed by atoms with van der Waals surface area (Å²) in [4.78, 5) is 2.44. The van der Waals surface area contributed by atoms with Crippen molar-refractivity contribution in [1.82, 2.24) is 4.90 Å². The van der Waals surface area contributed by atoms with E-state index in [1.807, 2.05) is 0 Å². The molecule has 92 valence electrons. The summed E-state index contributed by atoms with van der Waals surface area (Å²) in [6, 6.07) is 0.465. The summed E-state index contributed by atoms with van der Waals surface area (Å²) in [5.41, 5.74) is 0. The molecule has 0 spiro atoms. The van der Waals surface area contributed by atoms with Crippen LogP contribution in [0.5, 0.6) is 0 Å². The van der Waals surface area contributed by atoms with Crippen molar-refractivity contribution in [3.63, 3.8) is 0 Å². The SMILES string of the molecule is C1CN([C@@H]2CO[C@H]3OCCO[C@H]3C2)CCO1. The van der Waals surface area contributed by atoms with Gasteiger partial charge in [-0.2, -0.15) is 0 Å². The Hall–Kier alpha value is -0.200. The Balaban J connectivity index is 1.57. The van der Waals surface area contributed by atoms with Gasteiger partial charge in [0, 0.05) is 19.1 Å². The molecule has 3 fully saturated rings. The molecule has 0 radical (unpaired) electrons. The van der Waals surface area contributed by atoms with Crippen LogP contribution in [0.2, 0.25) is 0 Å². The molecule has 0 saturated carbocycles. The van der Waals surface area contributed by atoms with E-state index in [-0.39, 0.29) is 12.4 Å². The Morgan fingerprint density at radius 1 is 0.875 bits per heavy atom. The number of fused-ring (bicyclic) bond motifs is 1. The summed E-state index contributed by atoms with van der Waals surface area (Å²) >= 11 is 0. The fraction of sp³-hybridized carbons (Fsp3) is 1.00. The molecular formula is C11H19NO4. The van der Waals surface area contributed by atoms with E-state index in [4.69, 9.17) is 18.9 Å². The predicted octanol–water partition coefficient (Wildman–Crippen LogP) is -0.151. The van der Waals surface area contributed by atoms with Gasteiger partial charge in [-0.05, 0) is 6.42 Å². The van der Waals surface area contributed by atoms with Crippen molar-refractivity contribution in [3.8, 4) is 0 Å². The first-order chi connectivity index (χ1) is 7.93. The van der Waals surface area contributed by atoms with Gasteiger partial charge in [-0.1, -0.05) is 0 Å². The van der Waals surface area contributed by atoms with Gasteiger partial charge in [0.15, 0.2) is 6.29 Å². The van der Waals surface area contributed by atoms with Gasteiger partial charge in [0.2, 0.25) is 0 Å². The number of ether oxygens (including phenoxy) is 4. The first kappa shape index (κ1) is 10.9. The van der Waals surface area contributed by atoms with Crippen LogP contribution in [0, 0.1) is 0 Å². The molecule has 0 unspecified atom stereocenters. The second-order valence-corrected chi connectivity index (χ2v) is 4.52. The van der Waals surface area contributed by atoms with Crippen molar-refractivity contribution in [2.24, 2.45) is 0 Å². The van der Waals surface area contributed by atoms with Crippen LogP contribution in [0.4, 0.5) is 0 Å². The van der Waals surface area contributed by atoms with Gasteiger partial charge >= 0.3 is 0 Å². The van der Waals surface area contributed by atoms with Gasteiger partial charge in [-0.3, -0.25) is 4.90 Å². The van der Waals surface area contributed by atoms with E-state index in [0.29, 0.717) is 19.3 Å². The van der Waals surface area contributed by atoms with Crippen LogP contribution in [0.25, 0.3) is 0 Å². The van der Waals surface area contributed by atoms with Crippen molar-refractivity contribution in [1.29, 1.82) is 0 Å². The summed E-state index contributed by atoms with van der Waals surface area (Å²) in [5, 5.41) is 0. The van der Waals surface area contributed by atoms with E-state index in [0.717, 1.165) is 39.3 Å². The van der Waals surface area contributed by atoms with E-state index in [2.05, 4.69) is 4.90 Å². The fourth-order valence-electron chi connectivity index (χ4n) is 2.62. The predicted molar refractivity (Wildman–Crippen MR) is 56.2 cm³/mol. The molecule has 3 atom stereocenters. The lowest BCUT2D eigenvalue weighted by Crippen LogP contribution is -2.55. The third-order valence-corrected chi connectivity index (χ3v) is 3.52. The maximum absolute atomic E-state index is 5.72. The zero-order valence-electron chi connectivity index (χ0n) is 9.47. The van der Waals surface area contributed by atoms with Crippen LogP contribution >= 0.6 is 0 Å². The van der Waals surface area contributed by atoms with Gasteiger partial charge < -0.3 is 18.9 Å². The molecular weight excluding hydrogens is 210 g/mol. The molecule has 0 aliphatic carbocycles. The van der Waals surface area contributed by atoms with Gasteiger partial charge in [-0.25, -0.2) is 0 Å². The highest BCUT2D eigenvalue weighted by Crippen LogP contribution is 2.25. The minimum absolute atomic E-state index is 0.121. The Morgan fingerprint density at radius 3 is 2.56 bits per heavy atom. The molecule has 16 heavy (non-hydrogen) atoms. The number of hydrogen-bond acceptors (Lipinski definition) is 5. The molecule has 0 aromatic heterocycles. The molecule has 5 nitrogen and oxygen atoms in total. The van der Waals surface area contributed by atoms with Crippen molar-refractivity contribution in [3.05, 3.63) is 0 Å². The molecule has 3 aliphatic rings. The number of morpholine rings is 1. The number of hydrogen-bond donors (Lipinski definition) is 0. The first-order valence-corrected chi connectivity index (χ1v) is 6.10. The molecule has 5 heteroatoms. The third kappa shape index (κ3) is 2.24. The fourth-order valence-corrected chi connectivity index (χ4v) is 2.62. The highest BCUT2D eigenvalue weighted by molar-refractivity contribution is 4.84. The van der Waals surface area contributed by atoms with Crippen molar-refractivity contribution < 1.29 is 18.9 Å². The molecule has 0 bridgehead atoms. The van der Waals surface area contributed by atoms with Crippen LogP contribution in [0.1, 0.15) is 6.42 Å². The quantitative estimate of drug-likeness (QED) is 0.625. The van der Waals surface area contributed by atoms with Gasteiger partial charge in [-0.15, -0.1) is 0 Å². The lowest BCUT2D eigenvalue weighted by Gasteiger charge is -2.43. The normalized spacial score (nSPS) is 41.6. The van der Waals surface area contributed by atoms with E-state index in [9.17, 15) is 0 Å². The lowest BCUT2D eigenvalue weighted by molar-refractivity contribution is -0.277. The molecule has 3 heterocycles. The average Bonchev–Trinajstić information content (AvgIpc) is 2.39. The Labute approximate surface area is 95.6 Å². The van der Waals surface area contributed by atoms with E-state index >= 15 is 0 Å². The van der Waals surface area contributed by atoms with Crippen LogP contribution in [-0.4, -0.2) is 69.5 Å². The summed E-state index contributed by atoms with van der Waals surface area (Å²) in [5.74, 6) is 0. The smallest absolute Gasteiger partial charge is 0.183 e. The zero-order valence-corrected chi connectivity index (χ0v) is 9.47. The van der Waals surface area contributed by atoms with Crippen molar-refractivity contribution in [2.75, 3.05) is 46.1 Å². The van der Waals surface area contributed by atoms with Crippen molar-refractivity contribution in [2.45, 2.75) is 24.9 Å². The average molecular weight is 229 g/mol. The van der Waals surface area contributed by atoms with Gasteiger partial charge in [0.25, 0.3) is 0 Å². The Morgan fingerprint density at radius 2 is 1.69 bits per heavy atom. The van der Waals surface area contributed by atoms with Crippen LogP contribution in [0.15, 0.2) is 0 Å². The van der Waals surface area contributed by atoms with Gasteiger partial charge in [0.1, 0.15) is 6.10 Å². The minimum atomic E-state index is -0.133. The maximum Gasteiger partial charge on any atom is 0.183 e. The molecule has 3 rings (SSSR count). The first-order valence-electron chi connectivity index (χ1n) is 6.10. The minimum Gasteiger partial charge on any atom is -0.379 e. The number of rotatable bonds is 1. The molecule has 3 saturated heterocycles. The van der Waals surface area contributed by atoms with Crippen LogP contribution in [0.3, 0.4) is 0 Å². The molecule has 0 N–H and O–H groups in total. The summed E-state index contributed by atoms with van der Waals surface area (Å²) < 4.78 is 22.3. The topological polar surface area (TPSA) is 40.2 Å². The Kier molecular flexibility index (Phi) is 3.40. The monoisotopic (exact) mass is 229 g/mol. The summed E-state index contributed by atoms with van der Waals surface area (Å²) in [7, 11) is 0. The van der Waals surface area contributed by atoms with Crippen LogP contribution in [-0.2, 0) is 18.9 Å². The highest BCUT2D eigenvalue weighted by Gasteiger charge is 2.37. The summed E-state index contributed by atoms with van der Waals surface area (Å²) in [6.07, 6.45) is 1.01. The largest absolute Gasteiger partial charge is 0.379 e. The third-order valence-electron chi connectivity index (χ3n) is 3.52. The standard InChI is InChI=1S/C11H19NO4/c1-3-13-4-2-12(1)9-7-10-11(16-8-9)15-6-5-14-10/h9-11H,1-8H2/t9-,10-,11+/m0/s1. The molecule has 0 amide bonds. The molecule has 0 aromatic rings. The number of nitrogens with zero attached hydrogens (tertiary/aromatic N) is 1. The summed E-state index contributed by atoms with van der Waals surface area (Å²) in [6.45, 7) is 5.79. The Bertz CT molecular complexity index is 229. The van der Waals surface area contributed by atoms with E-state index in [1.54, 1.807) is 0 Å². The van der Waals surface area contributed by atoms with Gasteiger partial charge in [0.05, 0.1) is 33.0 Å². The molecule has 3 aliphatic heterocycles. The highest BCUT2D eigenvalue weighted by atomic mass is 16.7. The second kappa shape index (κ2) is 4.98. The maximum atomic E-state index is 5.72. The van der Waals surface area contributed by atoms with Crippen molar-refractivity contribution >= 4 is 0 Å². The van der Waals surface area contributed by atoms with E-state index < -0.39 is 0 Å². The molecule has 0 aromatic carbocycles. The second-order valence-electron chi connectivity index (χ2n) is 4.52. The zero-order chi connectivity index (χ0) is 10.8. The van der Waals surface area contributed by atoms with Crippen LogP contribution < -0.4 is 0 Å². The lowest BCUT2D eigenvalue weighted by atomic mass is 10.0. The van der Waals surface area contributed by atoms with E-state index in [1.165, 1.54) is 0 Å².